The average Bonchev–Trinajstić information content (AvgIpc) is 3.09. The smallest absolute Gasteiger partial charge is 0.240 e. The van der Waals surface area contributed by atoms with Crippen molar-refractivity contribution in [2.24, 2.45) is 0 Å². The molecule has 0 saturated heterocycles. The maximum Gasteiger partial charge on any atom is 0.240 e. The highest BCUT2D eigenvalue weighted by Crippen LogP contribution is 2.20. The summed E-state index contributed by atoms with van der Waals surface area (Å²) in [5.41, 5.74) is 2.76. The molecule has 0 amide bonds. The molecule has 0 spiro atoms. The average molecular weight is 330 g/mol. The summed E-state index contributed by atoms with van der Waals surface area (Å²) in [5, 5.41) is 4.00. The minimum absolute atomic E-state index is 0.233. The Morgan fingerprint density at radius 1 is 1.09 bits per heavy atom. The summed E-state index contributed by atoms with van der Waals surface area (Å²) >= 11 is 1.60. The first kappa shape index (κ1) is 14.9. The van der Waals surface area contributed by atoms with Crippen LogP contribution in [-0.2, 0) is 16.6 Å². The van der Waals surface area contributed by atoms with Gasteiger partial charge in [0.2, 0.25) is 10.0 Å². The van der Waals surface area contributed by atoms with E-state index in [-0.39, 0.29) is 11.4 Å². The van der Waals surface area contributed by atoms with Gasteiger partial charge in [-0.2, -0.15) is 11.3 Å². The summed E-state index contributed by atoms with van der Waals surface area (Å²) in [4.78, 5) is 4.58. The van der Waals surface area contributed by atoms with Gasteiger partial charge in [0.25, 0.3) is 0 Å². The minimum atomic E-state index is -3.49. The topological polar surface area (TPSA) is 59.1 Å². The van der Waals surface area contributed by atoms with E-state index in [2.05, 4.69) is 9.71 Å². The van der Waals surface area contributed by atoms with Gasteiger partial charge < -0.3 is 0 Å². The van der Waals surface area contributed by atoms with Crippen LogP contribution in [0.5, 0.6) is 0 Å². The molecule has 0 radical (unpaired) electrons. The van der Waals surface area contributed by atoms with Crippen molar-refractivity contribution in [3.63, 3.8) is 0 Å². The van der Waals surface area contributed by atoms with E-state index >= 15 is 0 Å². The molecule has 22 heavy (non-hydrogen) atoms. The predicted molar refractivity (Wildman–Crippen MR) is 88.0 cm³/mol. The molecule has 2 aromatic heterocycles. The molecule has 0 saturated carbocycles. The van der Waals surface area contributed by atoms with E-state index in [1.165, 1.54) is 0 Å². The van der Waals surface area contributed by atoms with E-state index in [4.69, 9.17) is 0 Å². The Labute approximate surface area is 133 Å². The number of thiophene rings is 1. The van der Waals surface area contributed by atoms with Crippen molar-refractivity contribution >= 4 is 21.4 Å². The Morgan fingerprint density at radius 2 is 1.91 bits per heavy atom. The van der Waals surface area contributed by atoms with Gasteiger partial charge in [-0.25, -0.2) is 13.1 Å². The van der Waals surface area contributed by atoms with Crippen molar-refractivity contribution in [1.82, 2.24) is 9.71 Å². The van der Waals surface area contributed by atoms with Gasteiger partial charge in [0.15, 0.2) is 0 Å². The molecule has 4 nitrogen and oxygen atoms in total. The number of hydrogen-bond donors (Lipinski definition) is 1. The summed E-state index contributed by atoms with van der Waals surface area (Å²) in [5.74, 6) is 0. The number of benzene rings is 1. The molecule has 0 aliphatic heterocycles. The fourth-order valence-electron chi connectivity index (χ4n) is 2.01. The van der Waals surface area contributed by atoms with E-state index in [0.29, 0.717) is 0 Å². The fraction of sp³-hybridized carbons (Fsp3) is 0.0625. The molecular formula is C16H14N2O2S2. The lowest BCUT2D eigenvalue weighted by molar-refractivity contribution is 0.581. The van der Waals surface area contributed by atoms with Crippen LogP contribution in [0, 0.1) is 0 Å². The Hall–Kier alpha value is -2.02. The van der Waals surface area contributed by atoms with E-state index in [1.807, 2.05) is 29.0 Å². The monoisotopic (exact) mass is 330 g/mol. The summed E-state index contributed by atoms with van der Waals surface area (Å²) < 4.78 is 27.0. The van der Waals surface area contributed by atoms with Crippen LogP contribution < -0.4 is 4.72 Å². The molecule has 3 aromatic rings. The number of nitrogens with zero attached hydrogens (tertiary/aromatic N) is 1. The summed E-state index contributed by atoms with van der Waals surface area (Å²) in [7, 11) is -3.49. The van der Waals surface area contributed by atoms with Crippen molar-refractivity contribution in [3.8, 4) is 11.3 Å². The Morgan fingerprint density at radius 3 is 2.64 bits per heavy atom. The quantitative estimate of drug-likeness (QED) is 0.781. The Balaban J connectivity index is 1.76. The molecule has 0 fully saturated rings. The van der Waals surface area contributed by atoms with Crippen molar-refractivity contribution in [1.29, 1.82) is 0 Å². The number of nitrogens with one attached hydrogen (secondary N) is 1. The normalized spacial score (nSPS) is 11.5. The molecule has 1 aromatic carbocycles. The summed E-state index contributed by atoms with van der Waals surface area (Å²) in [6.45, 7) is 0.233. The van der Waals surface area contributed by atoms with Crippen LogP contribution >= 0.6 is 11.3 Å². The highest BCUT2D eigenvalue weighted by molar-refractivity contribution is 7.89. The molecule has 1 N–H and O–H groups in total. The second-order valence-corrected chi connectivity index (χ2v) is 7.25. The lowest BCUT2D eigenvalue weighted by atomic mass is 10.1. The van der Waals surface area contributed by atoms with Crippen LogP contribution in [0.2, 0.25) is 0 Å². The number of hydrogen-bond acceptors (Lipinski definition) is 4. The first-order valence-corrected chi connectivity index (χ1v) is 9.10. The van der Waals surface area contributed by atoms with Gasteiger partial charge in [-0.3, -0.25) is 4.98 Å². The van der Waals surface area contributed by atoms with Crippen LogP contribution in [0.15, 0.2) is 70.4 Å². The third-order valence-electron chi connectivity index (χ3n) is 3.16. The first-order valence-electron chi connectivity index (χ1n) is 6.67. The Kier molecular flexibility index (Phi) is 4.33. The van der Waals surface area contributed by atoms with E-state index < -0.39 is 10.0 Å². The van der Waals surface area contributed by atoms with Crippen LogP contribution in [-0.4, -0.2) is 13.4 Å². The molecule has 0 bridgehead atoms. The zero-order valence-electron chi connectivity index (χ0n) is 11.6. The van der Waals surface area contributed by atoms with Crippen molar-refractivity contribution in [2.45, 2.75) is 11.4 Å². The fourth-order valence-corrected chi connectivity index (χ4v) is 3.70. The van der Waals surface area contributed by atoms with Crippen LogP contribution in [0.4, 0.5) is 0 Å². The minimum Gasteiger partial charge on any atom is -0.256 e. The molecule has 0 aliphatic rings. The van der Waals surface area contributed by atoms with Gasteiger partial charge in [0, 0.05) is 23.7 Å². The van der Waals surface area contributed by atoms with Crippen LogP contribution in [0.3, 0.4) is 0 Å². The van der Waals surface area contributed by atoms with Crippen LogP contribution in [0.25, 0.3) is 11.3 Å². The maximum absolute atomic E-state index is 12.2. The molecular weight excluding hydrogens is 316 g/mol. The molecule has 0 unspecified atom stereocenters. The maximum atomic E-state index is 12.2. The standard InChI is InChI=1S/C16H14N2O2S2/c19-22(20,15-4-2-1-3-5-15)18-11-13-6-8-17-16(10-13)14-7-9-21-12-14/h1-10,12,18H,11H2. The number of pyridine rings is 1. The molecule has 0 atom stereocenters. The van der Waals surface area contributed by atoms with Crippen molar-refractivity contribution in [2.75, 3.05) is 0 Å². The van der Waals surface area contributed by atoms with Gasteiger partial charge >= 0.3 is 0 Å². The third kappa shape index (κ3) is 3.41. The largest absolute Gasteiger partial charge is 0.256 e. The summed E-state index contributed by atoms with van der Waals surface area (Å²) in [6, 6.07) is 14.0. The predicted octanol–water partition coefficient (Wildman–Crippen LogP) is 3.29. The van der Waals surface area contributed by atoms with Gasteiger partial charge in [0.05, 0.1) is 10.6 Å². The lowest BCUT2D eigenvalue weighted by Gasteiger charge is -2.07. The highest BCUT2D eigenvalue weighted by atomic mass is 32.2. The van der Waals surface area contributed by atoms with E-state index in [1.54, 1.807) is 47.9 Å². The third-order valence-corrected chi connectivity index (χ3v) is 5.26. The van der Waals surface area contributed by atoms with Crippen LogP contribution in [0.1, 0.15) is 5.56 Å². The van der Waals surface area contributed by atoms with Gasteiger partial charge in [-0.05, 0) is 41.3 Å². The zero-order chi connectivity index (χ0) is 15.4. The molecule has 2 heterocycles. The molecule has 6 heteroatoms. The number of rotatable bonds is 5. The van der Waals surface area contributed by atoms with Crippen molar-refractivity contribution < 1.29 is 8.42 Å². The van der Waals surface area contributed by atoms with Gasteiger partial charge in [-0.15, -0.1) is 0 Å². The number of aromatic nitrogens is 1. The van der Waals surface area contributed by atoms with Crippen molar-refractivity contribution in [3.05, 3.63) is 71.1 Å². The second kappa shape index (κ2) is 6.39. The van der Waals surface area contributed by atoms with Gasteiger partial charge in [-0.1, -0.05) is 18.2 Å². The van der Waals surface area contributed by atoms with E-state index in [0.717, 1.165) is 16.8 Å². The second-order valence-electron chi connectivity index (χ2n) is 4.70. The molecule has 0 aliphatic carbocycles. The highest BCUT2D eigenvalue weighted by Gasteiger charge is 2.13. The first-order chi connectivity index (χ1) is 10.6. The Bertz CT molecular complexity index is 845. The molecule has 112 valence electrons. The summed E-state index contributed by atoms with van der Waals surface area (Å²) in [6.07, 6.45) is 1.69. The lowest BCUT2D eigenvalue weighted by Crippen LogP contribution is -2.23. The SMILES string of the molecule is O=S(=O)(NCc1ccnc(-c2ccsc2)c1)c1ccccc1. The van der Waals surface area contributed by atoms with Gasteiger partial charge in [0.1, 0.15) is 0 Å². The number of sulfonamides is 1. The van der Waals surface area contributed by atoms with E-state index in [9.17, 15) is 8.42 Å². The zero-order valence-corrected chi connectivity index (χ0v) is 13.3. The molecule has 3 rings (SSSR count).